The number of nitrogens with zero attached hydrogens (tertiary/aromatic N) is 5. The lowest BCUT2D eigenvalue weighted by Gasteiger charge is -2.16. The standard InChI is InChI=1S/C15H14N6O2S/c16-4-8-24(22,23)21-7-3-10(9-21)11-1-5-18-15-13(11)12-2-6-17-14(12)19-20-15/h1-2,5-6,10H,3,7-9H2,(H,18,20). The lowest BCUT2D eigenvalue weighted by Crippen LogP contribution is -2.30. The molecule has 9 heteroatoms. The summed E-state index contributed by atoms with van der Waals surface area (Å²) in [6, 6.07) is 5.58. The Morgan fingerprint density at radius 1 is 1.38 bits per heavy atom. The molecule has 8 nitrogen and oxygen atoms in total. The third kappa shape index (κ3) is 2.31. The second kappa shape index (κ2) is 5.51. The van der Waals surface area contributed by atoms with Crippen molar-refractivity contribution in [3.63, 3.8) is 0 Å². The van der Waals surface area contributed by atoms with E-state index in [1.54, 1.807) is 18.5 Å². The zero-order valence-electron chi connectivity index (χ0n) is 12.7. The molecule has 24 heavy (non-hydrogen) atoms. The summed E-state index contributed by atoms with van der Waals surface area (Å²) >= 11 is 0. The van der Waals surface area contributed by atoms with Crippen LogP contribution in [0.25, 0.3) is 22.1 Å². The Morgan fingerprint density at radius 2 is 2.25 bits per heavy atom. The molecule has 1 aliphatic heterocycles. The summed E-state index contributed by atoms with van der Waals surface area (Å²) in [6.07, 6.45) is 4.19. The van der Waals surface area contributed by atoms with E-state index in [2.05, 4.69) is 20.2 Å². The van der Waals surface area contributed by atoms with Crippen LogP contribution in [0.3, 0.4) is 0 Å². The lowest BCUT2D eigenvalue weighted by molar-refractivity contribution is 0.476. The predicted octanol–water partition coefficient (Wildman–Crippen LogP) is 1.15. The van der Waals surface area contributed by atoms with E-state index in [-0.39, 0.29) is 5.92 Å². The van der Waals surface area contributed by atoms with Gasteiger partial charge in [0.2, 0.25) is 10.0 Å². The number of H-pyrrole nitrogens is 1. The largest absolute Gasteiger partial charge is 0.345 e. The molecule has 4 rings (SSSR count). The molecule has 1 fully saturated rings. The average Bonchev–Trinajstić information content (AvgIpc) is 3.23. The van der Waals surface area contributed by atoms with Gasteiger partial charge in [0.15, 0.2) is 17.0 Å². The fourth-order valence-electron chi connectivity index (χ4n) is 3.31. The van der Waals surface area contributed by atoms with Crippen LogP contribution in [0.15, 0.2) is 24.5 Å². The normalized spacial score (nSPS) is 19.0. The van der Waals surface area contributed by atoms with Crippen LogP contribution in [-0.4, -0.2) is 51.7 Å². The fraction of sp³-hybridized carbons (Fsp3) is 0.333. The SMILES string of the molecule is N#CCS(=O)(=O)N1CCC(c2cc[nH]c3nnc4nccc4c23)C1. The Bertz CT molecular complexity index is 1070. The maximum absolute atomic E-state index is 12.1. The van der Waals surface area contributed by atoms with Crippen molar-refractivity contribution in [3.05, 3.63) is 30.1 Å². The molecule has 0 bridgehead atoms. The van der Waals surface area contributed by atoms with Crippen molar-refractivity contribution in [2.24, 2.45) is 0 Å². The molecule has 122 valence electrons. The monoisotopic (exact) mass is 342 g/mol. The minimum Gasteiger partial charge on any atom is -0.345 e. The summed E-state index contributed by atoms with van der Waals surface area (Å²) in [4.78, 5) is 7.27. The van der Waals surface area contributed by atoms with Crippen LogP contribution in [-0.2, 0) is 10.0 Å². The second-order valence-corrected chi connectivity index (χ2v) is 7.77. The predicted molar refractivity (Wildman–Crippen MR) is 87.5 cm³/mol. The molecular formula is C15H14N6O2S. The molecule has 0 saturated carbocycles. The number of hydrogen-bond donors (Lipinski definition) is 1. The van der Waals surface area contributed by atoms with Gasteiger partial charge in [-0.05, 0) is 30.0 Å². The summed E-state index contributed by atoms with van der Waals surface area (Å²) in [5.41, 5.74) is 2.27. The number of aromatic amines is 1. The van der Waals surface area contributed by atoms with Crippen molar-refractivity contribution >= 4 is 32.1 Å². The van der Waals surface area contributed by atoms with Gasteiger partial charge in [-0.2, -0.15) is 5.26 Å². The first-order chi connectivity index (χ1) is 11.6. The summed E-state index contributed by atoms with van der Waals surface area (Å²) < 4.78 is 25.6. The van der Waals surface area contributed by atoms with Gasteiger partial charge in [0.1, 0.15) is 0 Å². The van der Waals surface area contributed by atoms with Crippen molar-refractivity contribution in [2.45, 2.75) is 12.3 Å². The molecule has 3 aromatic heterocycles. The molecule has 1 saturated heterocycles. The summed E-state index contributed by atoms with van der Waals surface area (Å²) in [5, 5.41) is 18.8. The first-order valence-corrected chi connectivity index (χ1v) is 9.14. The van der Waals surface area contributed by atoms with E-state index >= 15 is 0 Å². The molecule has 0 aromatic carbocycles. The van der Waals surface area contributed by atoms with Crippen LogP contribution in [0.4, 0.5) is 0 Å². The molecule has 0 amide bonds. The van der Waals surface area contributed by atoms with Gasteiger partial charge < -0.3 is 4.98 Å². The summed E-state index contributed by atoms with van der Waals surface area (Å²) in [7, 11) is -3.51. The quantitative estimate of drug-likeness (QED) is 0.763. The highest BCUT2D eigenvalue weighted by atomic mass is 32.2. The minimum absolute atomic E-state index is 0.0536. The number of fused-ring (bicyclic) bond motifs is 3. The van der Waals surface area contributed by atoms with Gasteiger partial charge in [-0.15, -0.1) is 10.2 Å². The highest BCUT2D eigenvalue weighted by Crippen LogP contribution is 2.34. The number of rotatable bonds is 3. The van der Waals surface area contributed by atoms with Crippen LogP contribution >= 0.6 is 0 Å². The molecule has 0 aliphatic carbocycles. The Hall–Kier alpha value is -2.57. The third-order valence-corrected chi connectivity index (χ3v) is 6.04. The maximum atomic E-state index is 12.1. The first-order valence-electron chi connectivity index (χ1n) is 7.53. The van der Waals surface area contributed by atoms with Crippen LogP contribution in [0, 0.1) is 11.3 Å². The number of pyridine rings is 1. The molecule has 1 aliphatic rings. The molecule has 4 heterocycles. The van der Waals surface area contributed by atoms with Gasteiger partial charge in [-0.3, -0.25) is 0 Å². The van der Waals surface area contributed by atoms with E-state index in [1.807, 2.05) is 12.1 Å². The van der Waals surface area contributed by atoms with E-state index in [1.165, 1.54) is 4.31 Å². The van der Waals surface area contributed by atoms with Gasteiger partial charge in [0.05, 0.1) is 6.07 Å². The van der Waals surface area contributed by atoms with Gasteiger partial charge in [0, 0.05) is 36.3 Å². The smallest absolute Gasteiger partial charge is 0.227 e. The molecular weight excluding hydrogens is 328 g/mol. The van der Waals surface area contributed by atoms with Crippen LogP contribution in [0.1, 0.15) is 17.9 Å². The van der Waals surface area contributed by atoms with Gasteiger partial charge >= 0.3 is 0 Å². The number of sulfonamides is 1. The van der Waals surface area contributed by atoms with E-state index in [0.717, 1.165) is 16.3 Å². The van der Waals surface area contributed by atoms with E-state index < -0.39 is 15.8 Å². The Labute approximate surface area is 138 Å². The average molecular weight is 342 g/mol. The first kappa shape index (κ1) is 15.0. The number of aromatic nitrogens is 4. The van der Waals surface area contributed by atoms with Gasteiger partial charge in [-0.25, -0.2) is 17.7 Å². The van der Waals surface area contributed by atoms with Crippen molar-refractivity contribution in [1.82, 2.24) is 24.5 Å². The molecule has 1 atom stereocenters. The maximum Gasteiger partial charge on any atom is 0.227 e. The summed E-state index contributed by atoms with van der Waals surface area (Å²) in [5.74, 6) is -0.427. The van der Waals surface area contributed by atoms with E-state index in [9.17, 15) is 8.42 Å². The van der Waals surface area contributed by atoms with Crippen LogP contribution in [0.2, 0.25) is 0 Å². The molecule has 0 radical (unpaired) electrons. The minimum atomic E-state index is -3.51. The number of nitrogens with one attached hydrogen (secondary N) is 1. The number of hydrogen-bond acceptors (Lipinski definition) is 6. The van der Waals surface area contributed by atoms with Crippen molar-refractivity contribution < 1.29 is 8.42 Å². The topological polar surface area (TPSA) is 116 Å². The highest BCUT2D eigenvalue weighted by Gasteiger charge is 2.33. The molecule has 0 spiro atoms. The van der Waals surface area contributed by atoms with E-state index in [0.29, 0.717) is 30.8 Å². The van der Waals surface area contributed by atoms with Crippen molar-refractivity contribution in [3.8, 4) is 6.07 Å². The third-order valence-electron chi connectivity index (χ3n) is 4.43. The highest BCUT2D eigenvalue weighted by molar-refractivity contribution is 7.89. The zero-order valence-corrected chi connectivity index (χ0v) is 13.5. The summed E-state index contributed by atoms with van der Waals surface area (Å²) in [6.45, 7) is 0.802. The second-order valence-electron chi connectivity index (χ2n) is 5.80. The Morgan fingerprint density at radius 3 is 3.08 bits per heavy atom. The molecule has 1 N–H and O–H groups in total. The Balaban J connectivity index is 1.78. The Kier molecular flexibility index (Phi) is 3.44. The zero-order chi connectivity index (χ0) is 16.7. The van der Waals surface area contributed by atoms with Gasteiger partial charge in [-0.1, -0.05) is 0 Å². The van der Waals surface area contributed by atoms with Gasteiger partial charge in [0.25, 0.3) is 0 Å². The molecule has 3 aromatic rings. The van der Waals surface area contributed by atoms with Crippen molar-refractivity contribution in [1.29, 1.82) is 5.26 Å². The van der Waals surface area contributed by atoms with Crippen LogP contribution in [0.5, 0.6) is 0 Å². The van der Waals surface area contributed by atoms with E-state index in [4.69, 9.17) is 5.26 Å². The van der Waals surface area contributed by atoms with Crippen molar-refractivity contribution in [2.75, 3.05) is 18.8 Å². The lowest BCUT2D eigenvalue weighted by atomic mass is 9.95. The molecule has 1 unspecified atom stereocenters. The fourth-order valence-corrected chi connectivity index (χ4v) is 4.45. The van der Waals surface area contributed by atoms with Crippen LogP contribution < -0.4 is 0 Å². The number of nitriles is 1.